The van der Waals surface area contributed by atoms with Crippen LogP contribution in [0.3, 0.4) is 0 Å². The highest BCUT2D eigenvalue weighted by Gasteiger charge is 2.32. The monoisotopic (exact) mass is 456 g/mol. The number of carbonyl (C=O) groups excluding carboxylic acids is 1. The van der Waals surface area contributed by atoms with Gasteiger partial charge in [-0.25, -0.2) is 4.98 Å². The third-order valence-corrected chi connectivity index (χ3v) is 6.26. The number of alkyl halides is 3. The number of hydrogen-bond acceptors (Lipinski definition) is 5. The van der Waals surface area contributed by atoms with E-state index in [4.69, 9.17) is 10.5 Å². The Morgan fingerprint density at radius 2 is 2.03 bits per heavy atom. The fourth-order valence-electron chi connectivity index (χ4n) is 4.29. The Morgan fingerprint density at radius 1 is 1.24 bits per heavy atom. The first-order valence-electron chi connectivity index (χ1n) is 10.9. The molecule has 2 N–H and O–H groups in total. The number of amides is 1. The maximum Gasteiger partial charge on any atom is 0.417 e. The summed E-state index contributed by atoms with van der Waals surface area (Å²) in [6.07, 6.45) is -1.72. The lowest BCUT2D eigenvalue weighted by atomic mass is 10.00. The molecule has 0 radical (unpaired) electrons. The molecule has 5 rings (SSSR count). The molecule has 1 aromatic carbocycles. The number of pyridine rings is 2. The first-order chi connectivity index (χ1) is 15.7. The van der Waals surface area contributed by atoms with Crippen molar-refractivity contribution in [2.45, 2.75) is 45.2 Å². The molecule has 1 aliphatic heterocycles. The van der Waals surface area contributed by atoms with E-state index in [9.17, 15) is 18.0 Å². The molecule has 33 heavy (non-hydrogen) atoms. The van der Waals surface area contributed by atoms with Gasteiger partial charge in [0, 0.05) is 29.3 Å². The average Bonchev–Trinajstić information content (AvgIpc) is 3.51. The molecule has 0 bridgehead atoms. The van der Waals surface area contributed by atoms with Gasteiger partial charge < -0.3 is 15.4 Å². The minimum atomic E-state index is -4.45. The van der Waals surface area contributed by atoms with Crippen LogP contribution in [0.25, 0.3) is 10.9 Å². The summed E-state index contributed by atoms with van der Waals surface area (Å²) in [5.74, 6) is 0.650. The summed E-state index contributed by atoms with van der Waals surface area (Å²) in [4.78, 5) is 23.5. The molecule has 1 amide bonds. The normalized spacial score (nSPS) is 17.9. The number of halogens is 3. The van der Waals surface area contributed by atoms with E-state index in [2.05, 4.69) is 9.97 Å². The molecular formula is C24H23F3N4O2. The molecule has 0 unspecified atom stereocenters. The Labute approximate surface area is 188 Å². The van der Waals surface area contributed by atoms with E-state index < -0.39 is 11.7 Å². The van der Waals surface area contributed by atoms with Crippen molar-refractivity contribution in [2.75, 3.05) is 12.3 Å². The lowest BCUT2D eigenvalue weighted by Crippen LogP contribution is -2.32. The summed E-state index contributed by atoms with van der Waals surface area (Å²) in [5.41, 5.74) is 8.70. The number of aromatic nitrogens is 2. The zero-order chi connectivity index (χ0) is 23.3. The summed E-state index contributed by atoms with van der Waals surface area (Å²) in [6, 6.07) is 7.62. The number of nitrogen functional groups attached to an aromatic ring is 1. The second kappa shape index (κ2) is 7.98. The van der Waals surface area contributed by atoms with Crippen LogP contribution in [0.1, 0.15) is 58.6 Å². The van der Waals surface area contributed by atoms with Crippen molar-refractivity contribution in [2.24, 2.45) is 5.92 Å². The fraction of sp³-hybridized carbons (Fsp3) is 0.375. The Morgan fingerprint density at radius 3 is 2.70 bits per heavy atom. The summed E-state index contributed by atoms with van der Waals surface area (Å²) in [5, 5.41) is 0.827. The lowest BCUT2D eigenvalue weighted by Gasteiger charge is -2.23. The molecule has 2 aromatic heterocycles. The molecular weight excluding hydrogens is 433 g/mol. The topological polar surface area (TPSA) is 81.3 Å². The minimum absolute atomic E-state index is 0.143. The van der Waals surface area contributed by atoms with Gasteiger partial charge in [0.1, 0.15) is 5.82 Å². The van der Waals surface area contributed by atoms with E-state index in [-0.39, 0.29) is 18.6 Å². The number of anilines is 1. The van der Waals surface area contributed by atoms with Crippen LogP contribution in [0.4, 0.5) is 19.0 Å². The third-order valence-electron chi connectivity index (χ3n) is 6.26. The predicted octanol–water partition coefficient (Wildman–Crippen LogP) is 4.87. The van der Waals surface area contributed by atoms with Gasteiger partial charge in [0.05, 0.1) is 36.0 Å². The molecule has 9 heteroatoms. The van der Waals surface area contributed by atoms with Gasteiger partial charge in [-0.05, 0) is 61.6 Å². The van der Waals surface area contributed by atoms with E-state index in [1.807, 2.05) is 13.0 Å². The minimum Gasteiger partial charge on any atom is -0.383 e. The highest BCUT2D eigenvalue weighted by Crippen LogP contribution is 2.38. The number of benzene rings is 1. The number of hydrogen-bond donors (Lipinski definition) is 1. The Kier molecular flexibility index (Phi) is 5.23. The highest BCUT2D eigenvalue weighted by atomic mass is 19.4. The number of rotatable bonds is 5. The Bertz CT molecular complexity index is 1220. The second-order valence-electron chi connectivity index (χ2n) is 8.74. The van der Waals surface area contributed by atoms with Crippen LogP contribution in [-0.4, -0.2) is 27.3 Å². The van der Waals surface area contributed by atoms with Gasteiger partial charge in [0.2, 0.25) is 0 Å². The van der Waals surface area contributed by atoms with Gasteiger partial charge in [-0.3, -0.25) is 9.78 Å². The molecule has 1 atom stereocenters. The number of nitrogens with two attached hydrogens (primary N) is 1. The van der Waals surface area contributed by atoms with E-state index in [0.717, 1.165) is 41.6 Å². The van der Waals surface area contributed by atoms with Crippen LogP contribution in [0.5, 0.6) is 0 Å². The number of ether oxygens (including phenoxy) is 1. The van der Waals surface area contributed by atoms with Crippen molar-refractivity contribution < 1.29 is 22.7 Å². The van der Waals surface area contributed by atoms with E-state index in [1.54, 1.807) is 17.0 Å². The van der Waals surface area contributed by atoms with E-state index >= 15 is 0 Å². The fourth-order valence-corrected chi connectivity index (χ4v) is 4.29. The van der Waals surface area contributed by atoms with Crippen LogP contribution in [-0.2, 0) is 24.1 Å². The molecule has 2 aliphatic rings. The maximum atomic E-state index is 13.5. The van der Waals surface area contributed by atoms with Crippen molar-refractivity contribution in [3.8, 4) is 0 Å². The van der Waals surface area contributed by atoms with Crippen molar-refractivity contribution in [3.63, 3.8) is 0 Å². The van der Waals surface area contributed by atoms with Crippen LogP contribution in [0, 0.1) is 5.92 Å². The maximum absolute atomic E-state index is 13.5. The zero-order valence-electron chi connectivity index (χ0n) is 18.0. The van der Waals surface area contributed by atoms with Crippen LogP contribution >= 0.6 is 0 Å². The third kappa shape index (κ3) is 4.25. The first-order valence-corrected chi connectivity index (χ1v) is 10.9. The molecule has 0 spiro atoms. The molecule has 172 valence electrons. The van der Waals surface area contributed by atoms with Crippen LogP contribution < -0.4 is 5.73 Å². The van der Waals surface area contributed by atoms with Gasteiger partial charge in [0.25, 0.3) is 5.91 Å². The SMILES string of the molecule is C[C@H]1OCc2c1c(N)nc1ccc(C(=O)N(Cc3ccc(C(F)(F)F)cn3)CC3CC3)cc21. The molecule has 1 fully saturated rings. The first kappa shape index (κ1) is 21.6. The lowest BCUT2D eigenvalue weighted by molar-refractivity contribution is -0.137. The standard InChI is InChI=1S/C24H23F3N4O2/c1-13-21-19(12-33-13)18-8-15(4-7-20(18)30-22(21)28)23(32)31(10-14-2-3-14)11-17-6-5-16(9-29-17)24(25,26)27/h4-9,13-14H,2-3,10-12H2,1H3,(H2,28,30)/t13-/m1/s1. The number of nitrogens with zero attached hydrogens (tertiary/aromatic N) is 3. The highest BCUT2D eigenvalue weighted by molar-refractivity contribution is 5.99. The Balaban J connectivity index is 1.45. The number of carbonyl (C=O) groups is 1. The van der Waals surface area contributed by atoms with Crippen LogP contribution in [0.15, 0.2) is 36.5 Å². The van der Waals surface area contributed by atoms with Gasteiger partial charge >= 0.3 is 6.18 Å². The smallest absolute Gasteiger partial charge is 0.383 e. The number of fused-ring (bicyclic) bond motifs is 3. The molecule has 3 aromatic rings. The Hall–Kier alpha value is -3.20. The van der Waals surface area contributed by atoms with Gasteiger partial charge in [-0.15, -0.1) is 0 Å². The van der Waals surface area contributed by atoms with Gasteiger partial charge in [0.15, 0.2) is 0 Å². The average molecular weight is 456 g/mol. The molecule has 6 nitrogen and oxygen atoms in total. The quantitative estimate of drug-likeness (QED) is 0.592. The van der Waals surface area contributed by atoms with E-state index in [1.165, 1.54) is 6.07 Å². The summed E-state index contributed by atoms with van der Waals surface area (Å²) < 4.78 is 44.3. The zero-order valence-corrected chi connectivity index (χ0v) is 18.0. The van der Waals surface area contributed by atoms with E-state index in [0.29, 0.717) is 41.7 Å². The van der Waals surface area contributed by atoms with Gasteiger partial charge in [-0.2, -0.15) is 13.2 Å². The second-order valence-corrected chi connectivity index (χ2v) is 8.74. The summed E-state index contributed by atoms with van der Waals surface area (Å²) in [7, 11) is 0. The largest absolute Gasteiger partial charge is 0.417 e. The molecule has 1 aliphatic carbocycles. The molecule has 3 heterocycles. The molecule has 0 saturated heterocycles. The van der Waals surface area contributed by atoms with Crippen LogP contribution in [0.2, 0.25) is 0 Å². The predicted molar refractivity (Wildman–Crippen MR) is 116 cm³/mol. The van der Waals surface area contributed by atoms with Crippen molar-refractivity contribution in [3.05, 3.63) is 64.5 Å². The molecule has 1 saturated carbocycles. The summed E-state index contributed by atoms with van der Waals surface area (Å²) >= 11 is 0. The van der Waals surface area contributed by atoms with Crippen molar-refractivity contribution in [1.82, 2.24) is 14.9 Å². The van der Waals surface area contributed by atoms with Gasteiger partial charge in [-0.1, -0.05) is 0 Å². The van der Waals surface area contributed by atoms with Crippen molar-refractivity contribution >= 4 is 22.6 Å². The summed E-state index contributed by atoms with van der Waals surface area (Å²) in [6.45, 7) is 3.00. The van der Waals surface area contributed by atoms with Crippen molar-refractivity contribution in [1.29, 1.82) is 0 Å².